The van der Waals surface area contributed by atoms with Crippen molar-refractivity contribution >= 4 is 39.0 Å². The molecule has 0 aromatic carbocycles. The number of pyridine rings is 3. The van der Waals surface area contributed by atoms with E-state index in [-0.39, 0.29) is 5.82 Å². The first kappa shape index (κ1) is 24.1. The lowest BCUT2D eigenvalue weighted by Gasteiger charge is -2.34. The van der Waals surface area contributed by atoms with Crippen LogP contribution in [0.2, 0.25) is 0 Å². The highest BCUT2D eigenvalue weighted by molar-refractivity contribution is 7.21. The lowest BCUT2D eigenvalue weighted by molar-refractivity contribution is 0.0739. The number of hydrogen-bond acceptors (Lipinski definition) is 9. The Morgan fingerprint density at radius 2 is 1.97 bits per heavy atom. The number of aliphatic hydroxyl groups is 1. The highest BCUT2D eigenvalue weighted by Gasteiger charge is 2.44. The molecule has 10 heteroatoms. The third kappa shape index (κ3) is 4.43. The quantitative estimate of drug-likeness (QED) is 0.374. The zero-order valence-electron chi connectivity index (χ0n) is 21.4. The van der Waals surface area contributed by atoms with Gasteiger partial charge >= 0.3 is 0 Å². The number of hydrogen-bond donors (Lipinski definition) is 2. The minimum atomic E-state index is -1.03. The van der Waals surface area contributed by atoms with Gasteiger partial charge in [-0.05, 0) is 57.5 Å². The molecule has 192 valence electrons. The largest absolute Gasteiger partial charge is 0.384 e. The number of nitrogens with one attached hydrogen (secondary N) is 1. The van der Waals surface area contributed by atoms with E-state index in [0.717, 1.165) is 46.8 Å². The maximum atomic E-state index is 15.2. The number of nitrogens with zero attached hydrogens (tertiary/aromatic N) is 6. The molecule has 4 aromatic rings. The standard InChI is InChI=1S/C27H30FN7OS/c1-5-34-13-18-10-17(34)14-35(18)25-24(28)15(2)8-23(33-25)32-22-11-19-20(12-30-22)37-26(31-19)16-6-7-29-21(9-16)27(3,4)36/h6-9,11-12,17-18,36H,5,10,13-14H2,1-4H3,(H,30,32,33)/t17-,18-/m0/s1. The van der Waals surface area contributed by atoms with Gasteiger partial charge in [0.15, 0.2) is 11.6 Å². The maximum absolute atomic E-state index is 15.2. The minimum Gasteiger partial charge on any atom is -0.384 e. The van der Waals surface area contributed by atoms with E-state index in [1.165, 1.54) is 11.3 Å². The molecule has 6 rings (SSSR count). The van der Waals surface area contributed by atoms with Gasteiger partial charge in [0.2, 0.25) is 0 Å². The molecule has 6 heterocycles. The second-order valence-corrected chi connectivity index (χ2v) is 11.4. The number of piperazine rings is 1. The van der Waals surface area contributed by atoms with Crippen LogP contribution in [0.25, 0.3) is 20.8 Å². The van der Waals surface area contributed by atoms with Crippen molar-refractivity contribution in [1.82, 2.24) is 24.8 Å². The Balaban J connectivity index is 1.27. The Morgan fingerprint density at radius 3 is 2.70 bits per heavy atom. The first-order valence-corrected chi connectivity index (χ1v) is 13.4. The predicted molar refractivity (Wildman–Crippen MR) is 145 cm³/mol. The fourth-order valence-corrected chi connectivity index (χ4v) is 6.26. The highest BCUT2D eigenvalue weighted by atomic mass is 32.1. The third-order valence-electron chi connectivity index (χ3n) is 7.32. The zero-order valence-corrected chi connectivity index (χ0v) is 22.2. The van der Waals surface area contributed by atoms with Gasteiger partial charge in [0.05, 0.1) is 15.9 Å². The van der Waals surface area contributed by atoms with Crippen LogP contribution in [0.1, 0.15) is 38.4 Å². The summed E-state index contributed by atoms with van der Waals surface area (Å²) in [6.07, 6.45) is 4.53. The molecule has 0 amide bonds. The van der Waals surface area contributed by atoms with Gasteiger partial charge in [-0.2, -0.15) is 0 Å². The summed E-state index contributed by atoms with van der Waals surface area (Å²) in [5, 5.41) is 14.4. The van der Waals surface area contributed by atoms with E-state index in [1.807, 2.05) is 18.2 Å². The Labute approximate surface area is 219 Å². The molecule has 0 spiro atoms. The summed E-state index contributed by atoms with van der Waals surface area (Å²) >= 11 is 1.53. The fraction of sp³-hybridized carbons (Fsp3) is 0.407. The second-order valence-electron chi connectivity index (χ2n) is 10.4. The summed E-state index contributed by atoms with van der Waals surface area (Å²) in [4.78, 5) is 22.9. The van der Waals surface area contributed by atoms with Crippen LogP contribution in [0.15, 0.2) is 36.7 Å². The summed E-state index contributed by atoms with van der Waals surface area (Å²) in [7, 11) is 0. The average Bonchev–Trinajstić information content (AvgIpc) is 3.59. The summed E-state index contributed by atoms with van der Waals surface area (Å²) in [6, 6.07) is 8.12. The van der Waals surface area contributed by atoms with E-state index in [1.54, 1.807) is 39.2 Å². The normalized spacial score (nSPS) is 19.8. The van der Waals surface area contributed by atoms with Crippen molar-refractivity contribution in [1.29, 1.82) is 0 Å². The molecule has 2 bridgehead atoms. The van der Waals surface area contributed by atoms with Crippen molar-refractivity contribution in [2.75, 3.05) is 29.9 Å². The Hall–Kier alpha value is -3.21. The van der Waals surface area contributed by atoms with Crippen molar-refractivity contribution in [2.24, 2.45) is 0 Å². The smallest absolute Gasteiger partial charge is 0.168 e. The van der Waals surface area contributed by atoms with Gasteiger partial charge in [0.25, 0.3) is 0 Å². The van der Waals surface area contributed by atoms with E-state index < -0.39 is 5.60 Å². The number of aromatic nitrogens is 4. The lowest BCUT2D eigenvalue weighted by atomic mass is 10.0. The summed E-state index contributed by atoms with van der Waals surface area (Å²) in [6.45, 7) is 10.2. The van der Waals surface area contributed by atoms with Gasteiger partial charge in [0, 0.05) is 49.2 Å². The molecule has 2 aliphatic rings. The van der Waals surface area contributed by atoms with Crippen LogP contribution >= 0.6 is 11.3 Å². The fourth-order valence-electron chi connectivity index (χ4n) is 5.35. The number of halogens is 1. The highest BCUT2D eigenvalue weighted by Crippen LogP contribution is 2.37. The van der Waals surface area contributed by atoms with Gasteiger partial charge in [0.1, 0.15) is 22.2 Å². The number of likely N-dealkylation sites (N-methyl/N-ethyl adjacent to an activating group) is 1. The van der Waals surface area contributed by atoms with Crippen LogP contribution in [-0.4, -0.2) is 61.7 Å². The van der Waals surface area contributed by atoms with Crippen LogP contribution in [-0.2, 0) is 5.60 Å². The Kier molecular flexibility index (Phi) is 5.85. The van der Waals surface area contributed by atoms with Gasteiger partial charge in [-0.25, -0.2) is 19.3 Å². The molecule has 2 atom stereocenters. The third-order valence-corrected chi connectivity index (χ3v) is 8.37. The Morgan fingerprint density at radius 1 is 1.14 bits per heavy atom. The topological polar surface area (TPSA) is 90.3 Å². The van der Waals surface area contributed by atoms with Gasteiger partial charge < -0.3 is 15.3 Å². The van der Waals surface area contributed by atoms with E-state index in [0.29, 0.717) is 40.8 Å². The summed E-state index contributed by atoms with van der Waals surface area (Å²) < 4.78 is 16.1. The molecule has 2 saturated heterocycles. The number of rotatable bonds is 6. The van der Waals surface area contributed by atoms with E-state index in [4.69, 9.17) is 4.98 Å². The molecule has 0 radical (unpaired) electrons. The van der Waals surface area contributed by atoms with Crippen LogP contribution in [0.4, 0.5) is 21.8 Å². The van der Waals surface area contributed by atoms with Crippen LogP contribution in [0.3, 0.4) is 0 Å². The second kappa shape index (κ2) is 8.97. The number of likely N-dealkylation sites (tertiary alicyclic amines) is 1. The predicted octanol–water partition coefficient (Wildman–Crippen LogP) is 4.85. The van der Waals surface area contributed by atoms with E-state index >= 15 is 4.39 Å². The number of thiazole rings is 1. The molecule has 0 saturated carbocycles. The molecule has 8 nitrogen and oxygen atoms in total. The van der Waals surface area contributed by atoms with E-state index in [2.05, 4.69) is 37.0 Å². The lowest BCUT2D eigenvalue weighted by Crippen LogP contribution is -2.46. The van der Waals surface area contributed by atoms with Crippen molar-refractivity contribution in [2.45, 2.75) is 51.8 Å². The Bertz CT molecular complexity index is 1480. The van der Waals surface area contributed by atoms with Gasteiger partial charge in [-0.1, -0.05) is 6.92 Å². The number of aryl methyl sites for hydroxylation is 1. The van der Waals surface area contributed by atoms with Crippen LogP contribution in [0, 0.1) is 12.7 Å². The van der Waals surface area contributed by atoms with Crippen molar-refractivity contribution in [3.63, 3.8) is 0 Å². The van der Waals surface area contributed by atoms with Crippen molar-refractivity contribution < 1.29 is 9.50 Å². The zero-order chi connectivity index (χ0) is 25.9. The minimum absolute atomic E-state index is 0.253. The maximum Gasteiger partial charge on any atom is 0.168 e. The summed E-state index contributed by atoms with van der Waals surface area (Å²) in [5.74, 6) is 1.33. The number of fused-ring (bicyclic) bond motifs is 3. The molecule has 0 aliphatic carbocycles. The molecule has 2 N–H and O–H groups in total. The van der Waals surface area contributed by atoms with Gasteiger partial charge in [-0.15, -0.1) is 11.3 Å². The van der Waals surface area contributed by atoms with Crippen LogP contribution < -0.4 is 10.2 Å². The molecule has 0 unspecified atom stereocenters. The monoisotopic (exact) mass is 519 g/mol. The first-order chi connectivity index (χ1) is 17.7. The van der Waals surface area contributed by atoms with Crippen molar-refractivity contribution in [3.05, 3.63) is 53.7 Å². The molecule has 37 heavy (non-hydrogen) atoms. The van der Waals surface area contributed by atoms with E-state index in [9.17, 15) is 5.11 Å². The average molecular weight is 520 g/mol. The molecule has 2 fully saturated rings. The number of anilines is 3. The molecular weight excluding hydrogens is 489 g/mol. The first-order valence-electron chi connectivity index (χ1n) is 12.6. The van der Waals surface area contributed by atoms with Gasteiger partial charge in [-0.3, -0.25) is 9.88 Å². The van der Waals surface area contributed by atoms with Crippen LogP contribution in [0.5, 0.6) is 0 Å². The molecule has 4 aromatic heterocycles. The molecule has 2 aliphatic heterocycles. The van der Waals surface area contributed by atoms with Crippen molar-refractivity contribution in [3.8, 4) is 10.6 Å². The molecular formula is C27H30FN7OS. The SMILES string of the molecule is CCN1C[C@@H]2C[C@H]1CN2c1nc(Nc2cc3nc(-c4ccnc(C(C)(C)O)c4)sc3cn2)cc(C)c1F. The summed E-state index contributed by atoms with van der Waals surface area (Å²) in [5.41, 5.74) is 1.81.